The van der Waals surface area contributed by atoms with Gasteiger partial charge < -0.3 is 4.74 Å². The second-order valence-corrected chi connectivity index (χ2v) is 4.20. The molecular formula is C15H12NO4. The molecule has 0 amide bonds. The number of rotatable bonds is 4. The first-order valence-electron chi connectivity index (χ1n) is 5.89. The molecule has 0 aliphatic heterocycles. The first-order valence-corrected chi connectivity index (χ1v) is 5.89. The molecule has 5 heteroatoms. The molecule has 2 aromatic rings. The van der Waals surface area contributed by atoms with E-state index in [1.807, 2.05) is 0 Å². The highest BCUT2D eigenvalue weighted by Gasteiger charge is 2.08. The predicted molar refractivity (Wildman–Crippen MR) is 73.1 cm³/mol. The lowest BCUT2D eigenvalue weighted by molar-refractivity contribution is -0.384. The van der Waals surface area contributed by atoms with Gasteiger partial charge in [0.2, 0.25) is 0 Å². The summed E-state index contributed by atoms with van der Waals surface area (Å²) in [6.45, 7) is 3.80. The first kappa shape index (κ1) is 13.7. The van der Waals surface area contributed by atoms with Gasteiger partial charge in [-0.25, -0.2) is 4.79 Å². The maximum absolute atomic E-state index is 11.8. The highest BCUT2D eigenvalue weighted by molar-refractivity contribution is 5.89. The van der Waals surface area contributed by atoms with Crippen molar-refractivity contribution in [1.29, 1.82) is 0 Å². The van der Waals surface area contributed by atoms with Crippen LogP contribution in [0.3, 0.4) is 0 Å². The number of ether oxygens (including phenoxy) is 1. The monoisotopic (exact) mass is 270 g/mol. The number of non-ortho nitro benzene ring substituents is 1. The van der Waals surface area contributed by atoms with Crippen molar-refractivity contribution in [3.8, 4) is 0 Å². The fourth-order valence-corrected chi connectivity index (χ4v) is 1.59. The van der Waals surface area contributed by atoms with Crippen LogP contribution in [-0.4, -0.2) is 10.9 Å². The van der Waals surface area contributed by atoms with Gasteiger partial charge in [0.25, 0.3) is 5.69 Å². The lowest BCUT2D eigenvalue weighted by atomic mass is 10.1. The van der Waals surface area contributed by atoms with Crippen LogP contribution in [0, 0.1) is 17.0 Å². The highest BCUT2D eigenvalue weighted by Crippen LogP contribution is 2.13. The number of benzene rings is 2. The van der Waals surface area contributed by atoms with E-state index in [1.54, 1.807) is 36.4 Å². The van der Waals surface area contributed by atoms with Gasteiger partial charge in [-0.1, -0.05) is 12.1 Å². The van der Waals surface area contributed by atoms with Crippen LogP contribution in [0.25, 0.3) is 0 Å². The van der Waals surface area contributed by atoms with Crippen molar-refractivity contribution in [3.63, 3.8) is 0 Å². The number of nitro groups is 1. The minimum atomic E-state index is -0.476. The smallest absolute Gasteiger partial charge is 0.338 e. The zero-order valence-electron chi connectivity index (χ0n) is 10.6. The number of hydrogen-bond donors (Lipinski definition) is 0. The summed E-state index contributed by atoms with van der Waals surface area (Å²) in [5.41, 5.74) is 1.96. The molecule has 0 spiro atoms. The van der Waals surface area contributed by atoms with Gasteiger partial charge in [0.15, 0.2) is 0 Å². The van der Waals surface area contributed by atoms with Crippen LogP contribution in [0.4, 0.5) is 5.69 Å². The molecular weight excluding hydrogens is 258 g/mol. The Kier molecular flexibility index (Phi) is 4.10. The van der Waals surface area contributed by atoms with Crippen LogP contribution < -0.4 is 0 Å². The van der Waals surface area contributed by atoms with Gasteiger partial charge in [-0.15, -0.1) is 0 Å². The Bertz CT molecular complexity index is 617. The zero-order valence-corrected chi connectivity index (χ0v) is 10.6. The van der Waals surface area contributed by atoms with E-state index < -0.39 is 10.9 Å². The molecule has 0 bridgehead atoms. The Hall–Kier alpha value is -2.69. The average Bonchev–Trinajstić information content (AvgIpc) is 2.46. The standard InChI is InChI=1S/C15H12NO4/c1-11-2-6-13(7-3-11)15(17)20-10-12-4-8-14(9-5-12)16(18)19/h2-9H,1,10H2. The average molecular weight is 270 g/mol. The summed E-state index contributed by atoms with van der Waals surface area (Å²) in [4.78, 5) is 21.8. The molecule has 0 aliphatic carbocycles. The van der Waals surface area contributed by atoms with Gasteiger partial charge in [-0.2, -0.15) is 0 Å². The molecule has 0 aromatic heterocycles. The Balaban J connectivity index is 1.96. The molecule has 0 atom stereocenters. The van der Waals surface area contributed by atoms with E-state index >= 15 is 0 Å². The first-order chi connectivity index (χ1) is 9.56. The van der Waals surface area contributed by atoms with Gasteiger partial charge in [0.1, 0.15) is 6.61 Å². The van der Waals surface area contributed by atoms with Crippen molar-refractivity contribution in [2.75, 3.05) is 0 Å². The van der Waals surface area contributed by atoms with E-state index in [0.717, 1.165) is 5.56 Å². The van der Waals surface area contributed by atoms with E-state index in [1.165, 1.54) is 12.1 Å². The van der Waals surface area contributed by atoms with E-state index in [0.29, 0.717) is 11.1 Å². The van der Waals surface area contributed by atoms with Crippen LogP contribution >= 0.6 is 0 Å². The number of nitrogens with zero attached hydrogens (tertiary/aromatic N) is 1. The van der Waals surface area contributed by atoms with Crippen LogP contribution in [0.2, 0.25) is 0 Å². The Morgan fingerprint density at radius 2 is 1.70 bits per heavy atom. The number of carbonyl (C=O) groups is 1. The third-order valence-corrected chi connectivity index (χ3v) is 2.71. The number of hydrogen-bond acceptors (Lipinski definition) is 4. The van der Waals surface area contributed by atoms with Crippen LogP contribution in [0.15, 0.2) is 48.5 Å². The van der Waals surface area contributed by atoms with Crippen molar-refractivity contribution in [2.24, 2.45) is 0 Å². The van der Waals surface area contributed by atoms with Gasteiger partial charge >= 0.3 is 5.97 Å². The summed E-state index contributed by atoms with van der Waals surface area (Å²) in [5, 5.41) is 10.5. The molecule has 0 heterocycles. The van der Waals surface area contributed by atoms with Crippen LogP contribution in [0.1, 0.15) is 21.5 Å². The molecule has 0 fully saturated rings. The number of esters is 1. The van der Waals surface area contributed by atoms with Crippen molar-refractivity contribution in [1.82, 2.24) is 0 Å². The highest BCUT2D eigenvalue weighted by atomic mass is 16.6. The quantitative estimate of drug-likeness (QED) is 0.486. The summed E-state index contributed by atoms with van der Waals surface area (Å²) in [5.74, 6) is -0.441. The van der Waals surface area contributed by atoms with E-state index in [2.05, 4.69) is 6.92 Å². The van der Waals surface area contributed by atoms with Gasteiger partial charge in [-0.3, -0.25) is 10.1 Å². The molecule has 20 heavy (non-hydrogen) atoms. The largest absolute Gasteiger partial charge is 0.457 e. The maximum atomic E-state index is 11.8. The molecule has 2 aromatic carbocycles. The van der Waals surface area contributed by atoms with Gasteiger partial charge in [0.05, 0.1) is 10.5 Å². The van der Waals surface area contributed by atoms with E-state index in [4.69, 9.17) is 4.74 Å². The Morgan fingerprint density at radius 3 is 2.25 bits per heavy atom. The molecule has 0 unspecified atom stereocenters. The summed E-state index contributed by atoms with van der Waals surface area (Å²) in [6, 6.07) is 12.6. The molecule has 0 saturated heterocycles. The second-order valence-electron chi connectivity index (χ2n) is 4.20. The van der Waals surface area contributed by atoms with Gasteiger partial charge in [-0.05, 0) is 42.3 Å². The third-order valence-electron chi connectivity index (χ3n) is 2.71. The fourth-order valence-electron chi connectivity index (χ4n) is 1.59. The van der Waals surface area contributed by atoms with E-state index in [-0.39, 0.29) is 12.3 Å². The SMILES string of the molecule is [CH2]c1ccc(C(=O)OCc2ccc([N+](=O)[O-])cc2)cc1. The summed E-state index contributed by atoms with van der Waals surface area (Å²) >= 11 is 0. The van der Waals surface area contributed by atoms with Crippen molar-refractivity contribution < 1.29 is 14.5 Å². The predicted octanol–water partition coefficient (Wildman–Crippen LogP) is 3.13. The summed E-state index contributed by atoms with van der Waals surface area (Å²) in [7, 11) is 0. The molecule has 5 nitrogen and oxygen atoms in total. The minimum absolute atomic E-state index is 0.00566. The normalized spacial score (nSPS) is 10.1. The second kappa shape index (κ2) is 5.97. The van der Waals surface area contributed by atoms with Gasteiger partial charge in [0, 0.05) is 12.1 Å². The third kappa shape index (κ3) is 3.41. The van der Waals surface area contributed by atoms with Crippen molar-refractivity contribution in [3.05, 3.63) is 82.3 Å². The van der Waals surface area contributed by atoms with Crippen LogP contribution in [0.5, 0.6) is 0 Å². The van der Waals surface area contributed by atoms with Crippen molar-refractivity contribution in [2.45, 2.75) is 6.61 Å². The zero-order chi connectivity index (χ0) is 14.5. The Morgan fingerprint density at radius 1 is 1.10 bits per heavy atom. The summed E-state index contributed by atoms with van der Waals surface area (Å²) < 4.78 is 5.13. The molecule has 2 rings (SSSR count). The molecule has 0 aliphatic rings. The lowest BCUT2D eigenvalue weighted by Gasteiger charge is -2.05. The molecule has 1 radical (unpaired) electrons. The number of carbonyl (C=O) groups excluding carboxylic acids is 1. The number of nitro benzene ring substituents is 1. The Labute approximate surface area is 116 Å². The lowest BCUT2D eigenvalue weighted by Crippen LogP contribution is -2.05. The molecule has 0 saturated carbocycles. The topological polar surface area (TPSA) is 69.4 Å². The summed E-state index contributed by atoms with van der Waals surface area (Å²) in [6.07, 6.45) is 0. The molecule has 101 valence electrons. The van der Waals surface area contributed by atoms with E-state index in [9.17, 15) is 14.9 Å². The van der Waals surface area contributed by atoms with Crippen LogP contribution in [-0.2, 0) is 11.3 Å². The molecule has 0 N–H and O–H groups in total. The minimum Gasteiger partial charge on any atom is -0.457 e. The maximum Gasteiger partial charge on any atom is 0.338 e. The fraction of sp³-hybridized carbons (Fsp3) is 0.0667. The van der Waals surface area contributed by atoms with Crippen molar-refractivity contribution >= 4 is 11.7 Å².